The molecule has 0 bridgehead atoms. The first kappa shape index (κ1) is 11.8. The second kappa shape index (κ2) is 4.13. The molecule has 1 aromatic rings. The molecule has 2 aliphatic heterocycles. The van der Waals surface area contributed by atoms with Crippen LogP contribution in [0.1, 0.15) is 12.1 Å². The fourth-order valence-corrected chi connectivity index (χ4v) is 4.68. The molecule has 2 fully saturated rings. The molecule has 0 spiro atoms. The summed E-state index contributed by atoms with van der Waals surface area (Å²) in [5, 5.41) is 4.14. The van der Waals surface area contributed by atoms with Crippen molar-refractivity contribution in [3.63, 3.8) is 0 Å². The molecule has 0 amide bonds. The Bertz CT molecular complexity index is 565. The van der Waals surface area contributed by atoms with Crippen molar-refractivity contribution in [3.8, 4) is 0 Å². The van der Waals surface area contributed by atoms with Crippen LogP contribution in [0.4, 0.5) is 0 Å². The van der Waals surface area contributed by atoms with Crippen molar-refractivity contribution in [1.29, 1.82) is 0 Å². The largest absolute Gasteiger partial charge is 0.347 e. The van der Waals surface area contributed by atoms with Crippen molar-refractivity contribution >= 4 is 37.5 Å². The Morgan fingerprint density at radius 3 is 2.18 bits per heavy atom. The number of hydrogen-bond acceptors (Lipinski definition) is 4. The van der Waals surface area contributed by atoms with Gasteiger partial charge in [0.1, 0.15) is 0 Å². The van der Waals surface area contributed by atoms with E-state index in [1.54, 1.807) is 4.57 Å². The highest BCUT2D eigenvalue weighted by molar-refractivity contribution is 9.10. The van der Waals surface area contributed by atoms with Gasteiger partial charge in [-0.1, -0.05) is 0 Å². The molecule has 1 aromatic heterocycles. The Hall–Kier alpha value is -0.280. The molecule has 0 N–H and O–H groups in total. The Labute approximate surface area is 110 Å². The first-order valence-corrected chi connectivity index (χ1v) is 8.89. The van der Waals surface area contributed by atoms with E-state index in [1.807, 2.05) is 0 Å². The summed E-state index contributed by atoms with van der Waals surface area (Å²) in [6.45, 7) is 0. The zero-order chi connectivity index (χ0) is 12.2. The summed E-state index contributed by atoms with van der Waals surface area (Å²) in [5.74, 6) is 2.03. The first-order chi connectivity index (χ1) is 8.06. The van der Waals surface area contributed by atoms with Crippen LogP contribution in [0.15, 0.2) is 9.53 Å². The maximum atomic E-state index is 12.1. The van der Waals surface area contributed by atoms with Crippen molar-refractivity contribution in [2.24, 2.45) is 0 Å². The number of aromatic nitrogens is 3. The van der Waals surface area contributed by atoms with Crippen LogP contribution in [-0.4, -0.2) is 45.8 Å². The first-order valence-electron chi connectivity index (χ1n) is 5.12. The summed E-state index contributed by atoms with van der Waals surface area (Å²) in [6.07, 6.45) is 0. The molecule has 2 saturated heterocycles. The van der Waals surface area contributed by atoms with Crippen molar-refractivity contribution in [1.82, 2.24) is 14.3 Å². The van der Waals surface area contributed by atoms with Gasteiger partial charge in [0.25, 0.3) is 0 Å². The molecule has 0 radical (unpaired) electrons. The van der Waals surface area contributed by atoms with Crippen LogP contribution in [0, 0.1) is 0 Å². The molecule has 6 nitrogen and oxygen atoms in total. The topological polar surface area (TPSA) is 74.0 Å². The van der Waals surface area contributed by atoms with E-state index < -0.39 is 21.6 Å². The third kappa shape index (κ3) is 1.88. The smallest absolute Gasteiger partial charge is 0.265 e. The Morgan fingerprint density at radius 1 is 1.12 bits per heavy atom. The summed E-state index contributed by atoms with van der Waals surface area (Å²) in [5.41, 5.74) is -0.194. The lowest BCUT2D eigenvalue weighted by molar-refractivity contribution is 0.470. The summed E-state index contributed by atoms with van der Waals surface area (Å²) in [7, 11) is -1.61. The highest BCUT2D eigenvalue weighted by atomic mass is 79.9. The number of hydrogen-bond donors (Lipinski definition) is 0. The lowest BCUT2D eigenvalue weighted by atomic mass is 10.3. The molecule has 0 unspecified atom stereocenters. The van der Waals surface area contributed by atoms with Gasteiger partial charge in [-0.3, -0.25) is 13.0 Å². The van der Waals surface area contributed by atoms with Crippen LogP contribution in [0.25, 0.3) is 0 Å². The van der Waals surface area contributed by atoms with Crippen LogP contribution >= 0.6 is 15.9 Å². The van der Waals surface area contributed by atoms with Gasteiger partial charge in [0.05, 0.1) is 12.1 Å². The zero-order valence-corrected chi connectivity index (χ0v) is 12.0. The average molecular weight is 340 g/mol. The van der Waals surface area contributed by atoms with Gasteiger partial charge in [0, 0.05) is 44.6 Å². The molecule has 2 aliphatic rings. The van der Waals surface area contributed by atoms with Crippen molar-refractivity contribution in [2.45, 2.75) is 12.1 Å². The Balaban J connectivity index is 1.92. The third-order valence-electron chi connectivity index (χ3n) is 3.02. The molecule has 0 aromatic carbocycles. The van der Waals surface area contributed by atoms with Crippen LogP contribution in [-0.2, 0) is 21.6 Å². The second-order valence-electron chi connectivity index (χ2n) is 4.22. The summed E-state index contributed by atoms with van der Waals surface area (Å²) >= 11 is 3.26. The van der Waals surface area contributed by atoms with E-state index in [0.717, 1.165) is 0 Å². The number of halogens is 1. The van der Waals surface area contributed by atoms with Crippen LogP contribution < -0.4 is 5.69 Å². The summed E-state index contributed by atoms with van der Waals surface area (Å²) in [6, 6.07) is -0.0662. The minimum Gasteiger partial charge on any atom is -0.265 e. The van der Waals surface area contributed by atoms with E-state index in [9.17, 15) is 13.2 Å². The van der Waals surface area contributed by atoms with E-state index in [0.29, 0.717) is 27.7 Å². The zero-order valence-electron chi connectivity index (χ0n) is 8.74. The van der Waals surface area contributed by atoms with Gasteiger partial charge in [-0.2, -0.15) is 0 Å². The Morgan fingerprint density at radius 2 is 1.65 bits per heavy atom. The maximum absolute atomic E-state index is 12.1. The normalized spacial score (nSPS) is 36.3. The van der Waals surface area contributed by atoms with Gasteiger partial charge in [-0.05, 0) is 15.9 Å². The monoisotopic (exact) mass is 339 g/mol. The summed E-state index contributed by atoms with van der Waals surface area (Å²) < 4.78 is 25.5. The quantitative estimate of drug-likeness (QED) is 0.722. The molecule has 0 aliphatic carbocycles. The van der Waals surface area contributed by atoms with E-state index in [1.165, 1.54) is 4.68 Å². The fourth-order valence-electron chi connectivity index (χ4n) is 1.96. The second-order valence-corrected chi connectivity index (χ2v) is 8.02. The van der Waals surface area contributed by atoms with Crippen molar-refractivity contribution in [3.05, 3.63) is 15.2 Å². The van der Waals surface area contributed by atoms with E-state index in [-0.39, 0.29) is 17.8 Å². The van der Waals surface area contributed by atoms with E-state index in [4.69, 9.17) is 0 Å². The molecule has 17 heavy (non-hydrogen) atoms. The van der Waals surface area contributed by atoms with Crippen LogP contribution in [0.2, 0.25) is 0 Å². The number of rotatable bonds is 2. The number of nitrogens with zero attached hydrogens (tertiary/aromatic N) is 3. The predicted molar refractivity (Wildman–Crippen MR) is 68.0 cm³/mol. The molecule has 3 heterocycles. The molecule has 0 atom stereocenters. The highest BCUT2D eigenvalue weighted by Gasteiger charge is 2.35. The van der Waals surface area contributed by atoms with Gasteiger partial charge >= 0.3 is 5.69 Å². The van der Waals surface area contributed by atoms with Gasteiger partial charge < -0.3 is 0 Å². The SMILES string of the molecule is O=c1n(C2CS(=O)C2)nc(Br)n1C1CS(=O)C1. The van der Waals surface area contributed by atoms with E-state index in [2.05, 4.69) is 21.0 Å². The average Bonchev–Trinajstić information content (AvgIpc) is 2.46. The van der Waals surface area contributed by atoms with Gasteiger partial charge in [0.15, 0.2) is 0 Å². The van der Waals surface area contributed by atoms with E-state index >= 15 is 0 Å². The molecular weight excluding hydrogens is 330 g/mol. The lowest BCUT2D eigenvalue weighted by Crippen LogP contribution is -2.44. The molecular formula is C8H10BrN3O3S2. The predicted octanol–water partition coefficient (Wildman–Crippen LogP) is -0.586. The third-order valence-corrected chi connectivity index (χ3v) is 6.58. The van der Waals surface area contributed by atoms with Crippen LogP contribution in [0.3, 0.4) is 0 Å². The standard InChI is InChI=1S/C8H10BrN3O3S2/c9-7-10-12(6-3-17(15)4-6)8(13)11(7)5-1-16(14)2-5/h5-6H,1-4H2. The molecule has 9 heteroatoms. The molecule has 0 saturated carbocycles. The van der Waals surface area contributed by atoms with Gasteiger partial charge in [-0.25, -0.2) is 9.48 Å². The minimum absolute atomic E-state index is 0.0166. The molecule has 3 rings (SSSR count). The highest BCUT2D eigenvalue weighted by Crippen LogP contribution is 2.24. The Kier molecular flexibility index (Phi) is 2.86. The van der Waals surface area contributed by atoms with Crippen molar-refractivity contribution in [2.75, 3.05) is 23.0 Å². The fraction of sp³-hybridized carbons (Fsp3) is 0.750. The maximum Gasteiger partial charge on any atom is 0.347 e. The van der Waals surface area contributed by atoms with Gasteiger partial charge in [-0.15, -0.1) is 5.10 Å². The van der Waals surface area contributed by atoms with Crippen LogP contribution in [0.5, 0.6) is 0 Å². The lowest BCUT2D eigenvalue weighted by Gasteiger charge is -2.26. The van der Waals surface area contributed by atoms with Gasteiger partial charge in [0.2, 0.25) is 4.73 Å². The van der Waals surface area contributed by atoms with Crippen molar-refractivity contribution < 1.29 is 8.42 Å². The molecule has 94 valence electrons. The summed E-state index contributed by atoms with van der Waals surface area (Å²) in [4.78, 5) is 12.1. The minimum atomic E-state index is -0.805.